The second-order valence-electron chi connectivity index (χ2n) is 4.31. The van der Waals surface area contributed by atoms with E-state index in [0.717, 1.165) is 24.8 Å². The van der Waals surface area contributed by atoms with E-state index in [9.17, 15) is 9.90 Å². The lowest BCUT2D eigenvalue weighted by molar-refractivity contribution is -0.122. The van der Waals surface area contributed by atoms with Gasteiger partial charge >= 0.3 is 0 Å². The Kier molecular flexibility index (Phi) is 7.06. The quantitative estimate of drug-likeness (QED) is 0.610. The molecule has 0 heterocycles. The Morgan fingerprint density at radius 2 is 1.94 bits per heavy atom. The second kappa shape index (κ2) is 8.66. The van der Waals surface area contributed by atoms with E-state index < -0.39 is 0 Å². The first kappa shape index (κ1) is 14.7. The van der Waals surface area contributed by atoms with Gasteiger partial charge in [-0.15, -0.1) is 0 Å². The molecule has 0 saturated carbocycles. The van der Waals surface area contributed by atoms with Crippen LogP contribution in [-0.4, -0.2) is 24.2 Å². The Labute approximate surface area is 108 Å². The van der Waals surface area contributed by atoms with Crippen LogP contribution in [0.2, 0.25) is 0 Å². The molecule has 4 nitrogen and oxygen atoms in total. The fourth-order valence-corrected chi connectivity index (χ4v) is 1.79. The van der Waals surface area contributed by atoms with E-state index in [0.29, 0.717) is 13.0 Å². The third kappa shape index (κ3) is 5.29. The van der Waals surface area contributed by atoms with Crippen LogP contribution < -0.4 is 11.1 Å². The number of carbonyl (C=O) groups is 1. The first-order valence-electron chi connectivity index (χ1n) is 6.43. The molecular weight excluding hydrogens is 228 g/mol. The largest absolute Gasteiger partial charge is 0.394 e. The van der Waals surface area contributed by atoms with Gasteiger partial charge in [0.15, 0.2) is 0 Å². The van der Waals surface area contributed by atoms with Gasteiger partial charge in [-0.05, 0) is 24.9 Å². The first-order chi connectivity index (χ1) is 8.77. The Hall–Kier alpha value is -1.39. The highest BCUT2D eigenvalue weighted by molar-refractivity contribution is 5.76. The zero-order chi connectivity index (χ0) is 13.2. The Morgan fingerprint density at radius 1 is 1.22 bits per heavy atom. The van der Waals surface area contributed by atoms with Crippen molar-refractivity contribution in [3.8, 4) is 0 Å². The molecule has 1 aromatic rings. The molecule has 0 fully saturated rings. The van der Waals surface area contributed by atoms with Gasteiger partial charge in [-0.1, -0.05) is 36.8 Å². The van der Waals surface area contributed by atoms with Crippen LogP contribution in [-0.2, 0) is 4.79 Å². The number of hydrogen-bond donors (Lipinski definition) is 3. The van der Waals surface area contributed by atoms with Crippen molar-refractivity contribution >= 4 is 5.91 Å². The highest BCUT2D eigenvalue weighted by Crippen LogP contribution is 2.12. The van der Waals surface area contributed by atoms with Gasteiger partial charge in [0.2, 0.25) is 5.91 Å². The maximum atomic E-state index is 11.7. The predicted octanol–water partition coefficient (Wildman–Crippen LogP) is 1.36. The summed E-state index contributed by atoms with van der Waals surface area (Å²) >= 11 is 0. The first-order valence-corrected chi connectivity index (χ1v) is 6.43. The summed E-state index contributed by atoms with van der Waals surface area (Å²) in [5.41, 5.74) is 6.32. The van der Waals surface area contributed by atoms with Crippen LogP contribution in [0.1, 0.15) is 37.3 Å². The predicted molar refractivity (Wildman–Crippen MR) is 71.9 cm³/mol. The van der Waals surface area contributed by atoms with Gasteiger partial charge in [0.1, 0.15) is 0 Å². The normalized spacial score (nSPS) is 12.1. The fraction of sp³-hybridized carbons (Fsp3) is 0.500. The van der Waals surface area contributed by atoms with Gasteiger partial charge < -0.3 is 16.2 Å². The van der Waals surface area contributed by atoms with Gasteiger partial charge in [0.05, 0.1) is 12.6 Å². The number of carbonyl (C=O) groups excluding carboxylic acids is 1. The zero-order valence-electron chi connectivity index (χ0n) is 10.6. The van der Waals surface area contributed by atoms with Gasteiger partial charge in [0, 0.05) is 6.42 Å². The fourth-order valence-electron chi connectivity index (χ4n) is 1.79. The lowest BCUT2D eigenvalue weighted by Gasteiger charge is -2.16. The van der Waals surface area contributed by atoms with Crippen molar-refractivity contribution in [3.63, 3.8) is 0 Å². The number of aliphatic hydroxyl groups excluding tert-OH is 1. The van der Waals surface area contributed by atoms with Gasteiger partial charge in [0.25, 0.3) is 0 Å². The second-order valence-corrected chi connectivity index (χ2v) is 4.31. The number of amides is 1. The molecule has 0 bridgehead atoms. The molecule has 1 rings (SSSR count). The third-order valence-corrected chi connectivity index (χ3v) is 2.83. The smallest absolute Gasteiger partial charge is 0.220 e. The number of benzene rings is 1. The van der Waals surface area contributed by atoms with Crippen molar-refractivity contribution in [2.75, 3.05) is 13.2 Å². The molecule has 4 N–H and O–H groups in total. The molecule has 0 saturated heterocycles. The summed E-state index contributed by atoms with van der Waals surface area (Å²) in [6.45, 7) is 0.587. The van der Waals surface area contributed by atoms with E-state index >= 15 is 0 Å². The summed E-state index contributed by atoms with van der Waals surface area (Å²) in [5.74, 6) is -0.0186. The Morgan fingerprint density at radius 3 is 2.56 bits per heavy atom. The van der Waals surface area contributed by atoms with Crippen molar-refractivity contribution in [1.82, 2.24) is 5.32 Å². The van der Waals surface area contributed by atoms with Crippen LogP contribution in [0.5, 0.6) is 0 Å². The molecule has 1 aromatic carbocycles. The maximum Gasteiger partial charge on any atom is 0.220 e. The van der Waals surface area contributed by atoms with E-state index in [4.69, 9.17) is 5.73 Å². The van der Waals surface area contributed by atoms with Crippen LogP contribution in [0.15, 0.2) is 30.3 Å². The molecule has 0 aromatic heterocycles. The number of aliphatic hydroxyl groups is 1. The van der Waals surface area contributed by atoms with Crippen molar-refractivity contribution in [3.05, 3.63) is 35.9 Å². The van der Waals surface area contributed by atoms with Crippen molar-refractivity contribution in [2.45, 2.75) is 31.7 Å². The van der Waals surface area contributed by atoms with Crippen molar-refractivity contribution in [2.24, 2.45) is 5.73 Å². The molecule has 1 amide bonds. The average molecular weight is 250 g/mol. The molecule has 0 radical (unpaired) electrons. The molecule has 0 aliphatic carbocycles. The highest BCUT2D eigenvalue weighted by atomic mass is 16.3. The molecular formula is C14H22N2O2. The lowest BCUT2D eigenvalue weighted by atomic mass is 10.1. The molecule has 0 spiro atoms. The summed E-state index contributed by atoms with van der Waals surface area (Å²) < 4.78 is 0. The van der Waals surface area contributed by atoms with Crippen LogP contribution in [0.4, 0.5) is 0 Å². The molecule has 0 aliphatic rings. The third-order valence-electron chi connectivity index (χ3n) is 2.83. The summed E-state index contributed by atoms with van der Waals surface area (Å²) in [4.78, 5) is 11.7. The highest BCUT2D eigenvalue weighted by Gasteiger charge is 2.12. The molecule has 100 valence electrons. The average Bonchev–Trinajstić information content (AvgIpc) is 2.42. The summed E-state index contributed by atoms with van der Waals surface area (Å²) in [6.07, 6.45) is 3.26. The van der Waals surface area contributed by atoms with E-state index in [1.807, 2.05) is 30.3 Å². The molecule has 1 unspecified atom stereocenters. The standard InChI is InChI=1S/C14H22N2O2/c15-10-6-2-5-9-14(18)16-13(11-17)12-7-3-1-4-8-12/h1,3-4,7-8,13,17H,2,5-6,9-11,15H2,(H,16,18). The van der Waals surface area contributed by atoms with Crippen LogP contribution >= 0.6 is 0 Å². The SMILES string of the molecule is NCCCCCC(=O)NC(CO)c1ccccc1. The lowest BCUT2D eigenvalue weighted by Crippen LogP contribution is -2.30. The van der Waals surface area contributed by atoms with Crippen molar-refractivity contribution < 1.29 is 9.90 Å². The minimum Gasteiger partial charge on any atom is -0.394 e. The summed E-state index contributed by atoms with van der Waals surface area (Å²) in [5, 5.41) is 12.1. The Bertz CT molecular complexity index is 341. The van der Waals surface area contributed by atoms with E-state index in [-0.39, 0.29) is 18.6 Å². The minimum absolute atomic E-state index is 0.0186. The minimum atomic E-state index is -0.312. The zero-order valence-corrected chi connectivity index (χ0v) is 10.6. The van der Waals surface area contributed by atoms with Crippen LogP contribution in [0, 0.1) is 0 Å². The van der Waals surface area contributed by atoms with E-state index in [1.54, 1.807) is 0 Å². The number of nitrogens with two attached hydrogens (primary N) is 1. The Balaban J connectivity index is 2.37. The van der Waals surface area contributed by atoms with Crippen LogP contribution in [0.25, 0.3) is 0 Å². The number of hydrogen-bond acceptors (Lipinski definition) is 3. The summed E-state index contributed by atoms with van der Waals surface area (Å²) in [6, 6.07) is 9.18. The number of unbranched alkanes of at least 4 members (excludes halogenated alkanes) is 2. The number of rotatable bonds is 8. The molecule has 1 atom stereocenters. The van der Waals surface area contributed by atoms with Gasteiger partial charge in [-0.2, -0.15) is 0 Å². The number of nitrogens with one attached hydrogen (secondary N) is 1. The van der Waals surface area contributed by atoms with Crippen LogP contribution in [0.3, 0.4) is 0 Å². The summed E-state index contributed by atoms with van der Waals surface area (Å²) in [7, 11) is 0. The van der Waals surface area contributed by atoms with E-state index in [1.165, 1.54) is 0 Å². The van der Waals surface area contributed by atoms with Gasteiger partial charge in [-0.3, -0.25) is 4.79 Å². The van der Waals surface area contributed by atoms with E-state index in [2.05, 4.69) is 5.32 Å². The maximum absolute atomic E-state index is 11.7. The molecule has 18 heavy (non-hydrogen) atoms. The van der Waals surface area contributed by atoms with Gasteiger partial charge in [-0.25, -0.2) is 0 Å². The molecule has 4 heteroatoms. The van der Waals surface area contributed by atoms with Crippen molar-refractivity contribution in [1.29, 1.82) is 0 Å². The topological polar surface area (TPSA) is 75.4 Å². The monoisotopic (exact) mass is 250 g/mol. The molecule has 0 aliphatic heterocycles.